The molecule has 28 heavy (non-hydrogen) atoms. The molecule has 3 heteroatoms. The third-order valence-corrected chi connectivity index (χ3v) is 5.21. The maximum Gasteiger partial charge on any atom is 0.134 e. The van der Waals surface area contributed by atoms with Gasteiger partial charge in [-0.05, 0) is 42.7 Å². The van der Waals surface area contributed by atoms with Crippen molar-refractivity contribution in [1.29, 1.82) is 0 Å². The van der Waals surface area contributed by atoms with Crippen molar-refractivity contribution in [2.24, 2.45) is 0 Å². The molecule has 0 N–H and O–H groups in total. The van der Waals surface area contributed by atoms with Crippen molar-refractivity contribution in [3.05, 3.63) is 76.4 Å². The van der Waals surface area contributed by atoms with Gasteiger partial charge in [0.1, 0.15) is 37.1 Å². The molecule has 0 unspecified atom stereocenters. The van der Waals surface area contributed by atoms with Crippen molar-refractivity contribution < 1.29 is 14.2 Å². The van der Waals surface area contributed by atoms with Gasteiger partial charge in [0.25, 0.3) is 0 Å². The Bertz CT molecular complexity index is 979. The van der Waals surface area contributed by atoms with Gasteiger partial charge in [0.2, 0.25) is 0 Å². The molecule has 4 aliphatic rings. The van der Waals surface area contributed by atoms with Crippen LogP contribution in [0.2, 0.25) is 0 Å². The van der Waals surface area contributed by atoms with Crippen LogP contribution in [0.15, 0.2) is 48.6 Å². The van der Waals surface area contributed by atoms with Crippen LogP contribution in [0, 0.1) is 0 Å². The second kappa shape index (κ2) is 7.43. The van der Waals surface area contributed by atoms with Crippen LogP contribution in [0.3, 0.4) is 0 Å². The summed E-state index contributed by atoms with van der Waals surface area (Å²) < 4.78 is 16.7. The third kappa shape index (κ3) is 3.24. The minimum absolute atomic E-state index is 0.654. The van der Waals surface area contributed by atoms with Gasteiger partial charge >= 0.3 is 0 Å². The summed E-state index contributed by atoms with van der Waals surface area (Å²) in [5.41, 5.74) is 6.18. The second-order valence-corrected chi connectivity index (χ2v) is 7.07. The maximum absolute atomic E-state index is 5.68. The molecule has 3 heterocycles. The molecule has 3 aliphatic heterocycles. The van der Waals surface area contributed by atoms with Gasteiger partial charge in [0.15, 0.2) is 0 Å². The van der Waals surface area contributed by atoms with Gasteiger partial charge < -0.3 is 14.2 Å². The van der Waals surface area contributed by atoms with E-state index in [1.165, 1.54) is 16.7 Å². The number of ether oxygens (including phenoxy) is 3. The van der Waals surface area contributed by atoms with E-state index >= 15 is 0 Å². The molecular weight excluding hydrogens is 348 g/mol. The number of hydrogen-bond acceptors (Lipinski definition) is 3. The van der Waals surface area contributed by atoms with E-state index in [9.17, 15) is 0 Å². The standard InChI is InChI=1S/C13H12O.C12H10O2/c1-2-6-12-10(4-1)7-8-11-5-3-9-14-13(11)12;1-3-9-7-10-4-2-6-14-12(10)8-11(9)13-5-1/h2-3,5-8H,1,4,9H2;1-4,7-8H,5-6H2. The second-order valence-electron chi connectivity index (χ2n) is 7.07. The smallest absolute Gasteiger partial charge is 0.134 e. The summed E-state index contributed by atoms with van der Waals surface area (Å²) in [6.45, 7) is 2.01. The predicted octanol–water partition coefficient (Wildman–Crippen LogP) is 5.55. The normalized spacial score (nSPS) is 16.9. The van der Waals surface area contributed by atoms with Crippen LogP contribution in [-0.2, 0) is 6.42 Å². The summed E-state index contributed by atoms with van der Waals surface area (Å²) in [6, 6.07) is 8.44. The monoisotopic (exact) mass is 370 g/mol. The zero-order valence-electron chi connectivity index (χ0n) is 15.7. The molecule has 140 valence electrons. The molecule has 0 bridgehead atoms. The molecule has 1 aliphatic carbocycles. The first-order valence-electron chi connectivity index (χ1n) is 9.77. The van der Waals surface area contributed by atoms with E-state index in [1.807, 2.05) is 18.2 Å². The van der Waals surface area contributed by atoms with Crippen molar-refractivity contribution in [2.75, 3.05) is 19.8 Å². The summed E-state index contributed by atoms with van der Waals surface area (Å²) in [4.78, 5) is 0. The fraction of sp³-hybridized carbons (Fsp3) is 0.200. The van der Waals surface area contributed by atoms with Gasteiger partial charge in [-0.2, -0.15) is 0 Å². The van der Waals surface area contributed by atoms with E-state index in [1.54, 1.807) is 0 Å². The van der Waals surface area contributed by atoms with E-state index in [2.05, 4.69) is 54.7 Å². The fourth-order valence-corrected chi connectivity index (χ4v) is 3.83. The largest absolute Gasteiger partial charge is 0.489 e. The minimum Gasteiger partial charge on any atom is -0.489 e. The van der Waals surface area contributed by atoms with E-state index < -0.39 is 0 Å². The molecule has 0 saturated heterocycles. The highest BCUT2D eigenvalue weighted by Crippen LogP contribution is 2.35. The summed E-state index contributed by atoms with van der Waals surface area (Å²) in [7, 11) is 0. The number of rotatable bonds is 0. The number of aryl methyl sites for hydroxylation is 1. The first-order chi connectivity index (χ1) is 13.9. The first-order valence-corrected chi connectivity index (χ1v) is 9.77. The van der Waals surface area contributed by atoms with Gasteiger partial charge in [-0.1, -0.05) is 42.5 Å². The van der Waals surface area contributed by atoms with Gasteiger partial charge in [-0.3, -0.25) is 0 Å². The van der Waals surface area contributed by atoms with Crippen molar-refractivity contribution in [3.8, 4) is 17.2 Å². The average molecular weight is 370 g/mol. The summed E-state index contributed by atoms with van der Waals surface area (Å²) >= 11 is 0. The van der Waals surface area contributed by atoms with Crippen LogP contribution in [0.1, 0.15) is 34.2 Å². The quantitative estimate of drug-likeness (QED) is 0.608. The third-order valence-electron chi connectivity index (χ3n) is 5.21. The van der Waals surface area contributed by atoms with Gasteiger partial charge in [-0.25, -0.2) is 0 Å². The molecule has 0 fully saturated rings. The Labute approximate surface area is 165 Å². The number of fused-ring (bicyclic) bond motifs is 5. The first kappa shape index (κ1) is 16.9. The van der Waals surface area contributed by atoms with Crippen molar-refractivity contribution in [3.63, 3.8) is 0 Å². The lowest BCUT2D eigenvalue weighted by Gasteiger charge is -2.19. The SMILES string of the molecule is C1=Cc2c(ccc3c2OCC=C3)CC1.C1=Cc2cc3c(cc2OC1)OCC=C3. The van der Waals surface area contributed by atoms with Crippen molar-refractivity contribution in [1.82, 2.24) is 0 Å². The molecule has 0 atom stereocenters. The topological polar surface area (TPSA) is 27.7 Å². The van der Waals surface area contributed by atoms with Crippen molar-refractivity contribution in [2.45, 2.75) is 12.8 Å². The van der Waals surface area contributed by atoms with Crippen LogP contribution in [0.4, 0.5) is 0 Å². The van der Waals surface area contributed by atoms with E-state index in [4.69, 9.17) is 14.2 Å². The Morgan fingerprint density at radius 1 is 0.607 bits per heavy atom. The highest BCUT2D eigenvalue weighted by Gasteiger charge is 2.15. The Morgan fingerprint density at radius 3 is 2.04 bits per heavy atom. The van der Waals surface area contributed by atoms with Crippen LogP contribution in [0.5, 0.6) is 17.2 Å². The molecule has 0 aromatic heterocycles. The lowest BCUT2D eigenvalue weighted by Crippen LogP contribution is -2.05. The zero-order chi connectivity index (χ0) is 18.8. The molecule has 0 amide bonds. The molecule has 0 radical (unpaired) electrons. The van der Waals surface area contributed by atoms with Gasteiger partial charge in [0, 0.05) is 28.3 Å². The molecule has 0 spiro atoms. The molecule has 6 rings (SSSR count). The maximum atomic E-state index is 5.68. The number of hydrogen-bond donors (Lipinski definition) is 0. The minimum atomic E-state index is 0.654. The highest BCUT2D eigenvalue weighted by atomic mass is 16.5. The number of allylic oxidation sites excluding steroid dienone is 1. The summed E-state index contributed by atoms with van der Waals surface area (Å²) in [5, 5.41) is 0. The molecule has 2 aromatic carbocycles. The molecule has 3 nitrogen and oxygen atoms in total. The van der Waals surface area contributed by atoms with Crippen LogP contribution in [0.25, 0.3) is 24.3 Å². The highest BCUT2D eigenvalue weighted by molar-refractivity contribution is 5.72. The average Bonchev–Trinajstić information content (AvgIpc) is 2.78. The van der Waals surface area contributed by atoms with E-state index in [0.29, 0.717) is 19.8 Å². The predicted molar refractivity (Wildman–Crippen MR) is 114 cm³/mol. The lowest BCUT2D eigenvalue weighted by molar-refractivity contribution is 0.339. The van der Waals surface area contributed by atoms with E-state index in [-0.39, 0.29) is 0 Å². The Kier molecular flexibility index (Phi) is 4.50. The van der Waals surface area contributed by atoms with Crippen LogP contribution >= 0.6 is 0 Å². The van der Waals surface area contributed by atoms with Crippen LogP contribution < -0.4 is 14.2 Å². The Morgan fingerprint density at radius 2 is 1.29 bits per heavy atom. The number of benzene rings is 2. The summed E-state index contributed by atoms with van der Waals surface area (Å²) in [5.74, 6) is 2.91. The van der Waals surface area contributed by atoms with Gasteiger partial charge in [-0.15, -0.1) is 0 Å². The zero-order valence-corrected chi connectivity index (χ0v) is 15.7. The Balaban J connectivity index is 0.000000122. The molecule has 2 aromatic rings. The van der Waals surface area contributed by atoms with E-state index in [0.717, 1.165) is 41.2 Å². The lowest BCUT2D eigenvalue weighted by atomic mass is 9.93. The molecule has 0 saturated carbocycles. The van der Waals surface area contributed by atoms with Crippen LogP contribution in [-0.4, -0.2) is 19.8 Å². The van der Waals surface area contributed by atoms with Gasteiger partial charge in [0.05, 0.1) is 0 Å². The fourth-order valence-electron chi connectivity index (χ4n) is 3.83. The Hall–Kier alpha value is -3.20. The van der Waals surface area contributed by atoms with Crippen molar-refractivity contribution >= 4 is 24.3 Å². The molecular formula is C25H22O3. The summed E-state index contributed by atoms with van der Waals surface area (Å²) in [6.07, 6.45) is 19.1.